The van der Waals surface area contributed by atoms with Gasteiger partial charge in [0.15, 0.2) is 11.5 Å². The Kier molecular flexibility index (Phi) is 5.39. The number of hydrogen-bond donors (Lipinski definition) is 0. The zero-order chi connectivity index (χ0) is 20.3. The maximum atomic E-state index is 10.8. The molecule has 1 aromatic heterocycles. The zero-order valence-corrected chi connectivity index (χ0v) is 16.0. The lowest BCUT2D eigenvalue weighted by Crippen LogP contribution is -1.99. The Morgan fingerprint density at radius 2 is 1.75 bits per heavy atom. The Labute approximate surface area is 162 Å². The molecule has 0 radical (unpaired) electrons. The van der Waals surface area contributed by atoms with Crippen LogP contribution in [0, 0.1) is 24.0 Å². The summed E-state index contributed by atoms with van der Waals surface area (Å²) < 4.78 is 12.3. The van der Waals surface area contributed by atoms with E-state index in [1.54, 1.807) is 37.2 Å². The van der Waals surface area contributed by atoms with Gasteiger partial charge in [-0.3, -0.25) is 15.1 Å². The van der Waals surface area contributed by atoms with Gasteiger partial charge in [-0.05, 0) is 49.7 Å². The number of non-ortho nitro benzene ring substituents is 1. The minimum Gasteiger partial charge on any atom is -0.493 e. The average molecular weight is 380 g/mol. The van der Waals surface area contributed by atoms with Crippen molar-refractivity contribution < 1.29 is 14.4 Å². The van der Waals surface area contributed by atoms with E-state index < -0.39 is 4.92 Å². The van der Waals surface area contributed by atoms with Gasteiger partial charge in [0.25, 0.3) is 5.69 Å². The van der Waals surface area contributed by atoms with Crippen LogP contribution in [0.2, 0.25) is 0 Å². The minimum atomic E-state index is -0.427. The van der Waals surface area contributed by atoms with Crippen LogP contribution in [0.15, 0.2) is 47.5 Å². The first-order chi connectivity index (χ1) is 13.4. The largest absolute Gasteiger partial charge is 0.493 e. The zero-order valence-electron chi connectivity index (χ0n) is 16.0. The highest BCUT2D eigenvalue weighted by atomic mass is 16.6. The molecular weight excluding hydrogens is 360 g/mol. The predicted octanol–water partition coefficient (Wildman–Crippen LogP) is 4.17. The fraction of sp³-hybridized carbons (Fsp3) is 0.200. The summed E-state index contributed by atoms with van der Waals surface area (Å²) in [7, 11) is 3.17. The average Bonchev–Trinajstić information content (AvgIpc) is 2.99. The van der Waals surface area contributed by atoms with Gasteiger partial charge in [0.2, 0.25) is 0 Å². The van der Waals surface area contributed by atoms with E-state index in [1.807, 2.05) is 32.0 Å². The molecule has 0 bridgehead atoms. The van der Waals surface area contributed by atoms with Gasteiger partial charge in [-0.2, -0.15) is 5.10 Å². The Morgan fingerprint density at radius 1 is 1.07 bits per heavy atom. The Balaban J connectivity index is 1.92. The van der Waals surface area contributed by atoms with Crippen molar-refractivity contribution in [1.29, 1.82) is 0 Å². The van der Waals surface area contributed by atoms with E-state index in [0.29, 0.717) is 11.5 Å². The lowest BCUT2D eigenvalue weighted by molar-refractivity contribution is -0.384. The van der Waals surface area contributed by atoms with Gasteiger partial charge in [-0.1, -0.05) is 0 Å². The number of hydrogen-bond acceptors (Lipinski definition) is 6. The van der Waals surface area contributed by atoms with Gasteiger partial charge in [0.05, 0.1) is 36.2 Å². The van der Waals surface area contributed by atoms with Crippen molar-refractivity contribution in [3.8, 4) is 17.2 Å². The topological polar surface area (TPSA) is 91.8 Å². The lowest BCUT2D eigenvalue weighted by Gasteiger charge is -2.07. The van der Waals surface area contributed by atoms with E-state index in [1.165, 1.54) is 12.1 Å². The van der Waals surface area contributed by atoms with Crippen molar-refractivity contribution in [2.45, 2.75) is 13.8 Å². The number of aryl methyl sites for hydroxylation is 1. The van der Waals surface area contributed by atoms with E-state index in [2.05, 4.69) is 10.1 Å². The molecule has 0 aliphatic heterocycles. The second kappa shape index (κ2) is 7.91. The third kappa shape index (κ3) is 3.71. The number of nitro groups is 1. The number of methoxy groups -OCH3 is 2. The lowest BCUT2D eigenvalue weighted by atomic mass is 10.2. The maximum absolute atomic E-state index is 10.8. The molecule has 0 aliphatic carbocycles. The molecule has 0 unspecified atom stereocenters. The van der Waals surface area contributed by atoms with Crippen LogP contribution >= 0.6 is 0 Å². The Hall–Kier alpha value is -3.68. The summed E-state index contributed by atoms with van der Waals surface area (Å²) in [6.07, 6.45) is 1.74. The molecule has 0 fully saturated rings. The van der Waals surface area contributed by atoms with Crippen molar-refractivity contribution in [3.05, 3.63) is 69.5 Å². The van der Waals surface area contributed by atoms with Crippen molar-refractivity contribution in [3.63, 3.8) is 0 Å². The highest BCUT2D eigenvalue weighted by molar-refractivity contribution is 5.83. The summed E-state index contributed by atoms with van der Waals surface area (Å²) >= 11 is 0. The molecule has 8 heteroatoms. The second-order valence-electron chi connectivity index (χ2n) is 6.08. The van der Waals surface area contributed by atoms with Crippen LogP contribution in [0.3, 0.4) is 0 Å². The van der Waals surface area contributed by atoms with Crippen molar-refractivity contribution >= 4 is 17.6 Å². The van der Waals surface area contributed by atoms with E-state index in [-0.39, 0.29) is 5.69 Å². The van der Waals surface area contributed by atoms with Crippen LogP contribution in [0.1, 0.15) is 17.0 Å². The fourth-order valence-electron chi connectivity index (χ4n) is 2.86. The summed E-state index contributed by atoms with van der Waals surface area (Å²) in [6.45, 7) is 3.78. The molecule has 0 amide bonds. The first-order valence-electron chi connectivity index (χ1n) is 8.51. The predicted molar refractivity (Wildman–Crippen MR) is 106 cm³/mol. The number of ether oxygens (including phenoxy) is 2. The molecule has 0 N–H and O–H groups in total. The monoisotopic (exact) mass is 380 g/mol. The van der Waals surface area contributed by atoms with E-state index in [9.17, 15) is 10.1 Å². The third-order valence-corrected chi connectivity index (χ3v) is 4.31. The van der Waals surface area contributed by atoms with E-state index in [4.69, 9.17) is 9.47 Å². The highest BCUT2D eigenvalue weighted by Crippen LogP contribution is 2.29. The molecule has 0 spiro atoms. The van der Waals surface area contributed by atoms with Crippen LogP contribution in [-0.2, 0) is 0 Å². The molecule has 8 nitrogen and oxygen atoms in total. The molecule has 144 valence electrons. The molecule has 0 saturated carbocycles. The van der Waals surface area contributed by atoms with E-state index in [0.717, 1.165) is 28.3 Å². The van der Waals surface area contributed by atoms with Crippen LogP contribution in [-0.4, -0.2) is 35.1 Å². The normalized spacial score (nSPS) is 11.0. The summed E-state index contributed by atoms with van der Waals surface area (Å²) in [5, 5.41) is 15.3. The summed E-state index contributed by atoms with van der Waals surface area (Å²) in [5.41, 5.74) is 3.97. The number of nitro benzene ring substituents is 1. The SMILES string of the molecule is COc1ccc(C=Nc2c(C)nn(-c3ccc([N+](=O)[O-])cc3)c2C)cc1OC. The number of benzene rings is 2. The van der Waals surface area contributed by atoms with Gasteiger partial charge in [-0.15, -0.1) is 0 Å². The van der Waals surface area contributed by atoms with Gasteiger partial charge < -0.3 is 9.47 Å². The molecule has 28 heavy (non-hydrogen) atoms. The smallest absolute Gasteiger partial charge is 0.269 e. The first-order valence-corrected chi connectivity index (χ1v) is 8.51. The number of nitrogens with zero attached hydrogens (tertiary/aromatic N) is 4. The standard InChI is InChI=1S/C20H20N4O4/c1-13-20(21-12-15-5-10-18(27-3)19(11-15)28-4)14(2)23(22-13)16-6-8-17(9-7-16)24(25)26/h5-12H,1-4H3. The number of rotatable bonds is 6. The van der Waals surface area contributed by atoms with Crippen LogP contribution in [0.4, 0.5) is 11.4 Å². The Bertz CT molecular complexity index is 1040. The molecule has 0 aliphatic rings. The van der Waals surface area contributed by atoms with Crippen molar-refractivity contribution in [1.82, 2.24) is 9.78 Å². The van der Waals surface area contributed by atoms with Gasteiger partial charge in [-0.25, -0.2) is 4.68 Å². The third-order valence-electron chi connectivity index (χ3n) is 4.31. The summed E-state index contributed by atoms with van der Waals surface area (Å²) in [6, 6.07) is 11.8. The molecule has 1 heterocycles. The van der Waals surface area contributed by atoms with E-state index >= 15 is 0 Å². The van der Waals surface area contributed by atoms with Gasteiger partial charge in [0.1, 0.15) is 5.69 Å². The minimum absolute atomic E-state index is 0.0389. The van der Waals surface area contributed by atoms with Gasteiger partial charge in [0, 0.05) is 18.3 Å². The molecule has 0 atom stereocenters. The molecule has 3 rings (SSSR count). The quantitative estimate of drug-likeness (QED) is 0.364. The van der Waals surface area contributed by atoms with Crippen molar-refractivity contribution in [2.24, 2.45) is 4.99 Å². The number of aromatic nitrogens is 2. The fourth-order valence-corrected chi connectivity index (χ4v) is 2.86. The molecule has 0 saturated heterocycles. The molecule has 3 aromatic rings. The summed E-state index contributed by atoms with van der Waals surface area (Å²) in [5.74, 6) is 1.28. The van der Waals surface area contributed by atoms with Crippen LogP contribution in [0.25, 0.3) is 5.69 Å². The summed E-state index contributed by atoms with van der Waals surface area (Å²) in [4.78, 5) is 15.0. The van der Waals surface area contributed by atoms with Crippen LogP contribution in [0.5, 0.6) is 11.5 Å². The second-order valence-corrected chi connectivity index (χ2v) is 6.08. The van der Waals surface area contributed by atoms with Gasteiger partial charge >= 0.3 is 0 Å². The Morgan fingerprint density at radius 3 is 2.36 bits per heavy atom. The van der Waals surface area contributed by atoms with Crippen molar-refractivity contribution in [2.75, 3.05) is 14.2 Å². The number of aliphatic imine (C=N–C) groups is 1. The molecular formula is C20H20N4O4. The maximum Gasteiger partial charge on any atom is 0.269 e. The highest BCUT2D eigenvalue weighted by Gasteiger charge is 2.13. The molecule has 2 aromatic carbocycles. The van der Waals surface area contributed by atoms with Crippen LogP contribution < -0.4 is 9.47 Å². The first kappa shape index (κ1) is 19.1.